The van der Waals surface area contributed by atoms with Crippen LogP contribution in [0.3, 0.4) is 0 Å². The molecule has 1 aliphatic rings. The monoisotopic (exact) mass is 229 g/mol. The first kappa shape index (κ1) is 13.9. The lowest BCUT2D eigenvalue weighted by Gasteiger charge is -2.47. The van der Waals surface area contributed by atoms with E-state index < -0.39 is 0 Å². The molecule has 1 unspecified atom stereocenters. The SMILES string of the molecule is CC(O)CCCN1CC(C)(C)OC(C)(C)C1. The van der Waals surface area contributed by atoms with E-state index in [1.54, 1.807) is 0 Å². The van der Waals surface area contributed by atoms with Gasteiger partial charge >= 0.3 is 0 Å². The molecule has 0 spiro atoms. The van der Waals surface area contributed by atoms with Crippen molar-refractivity contribution in [2.75, 3.05) is 19.6 Å². The van der Waals surface area contributed by atoms with E-state index in [0.29, 0.717) is 0 Å². The quantitative estimate of drug-likeness (QED) is 0.800. The summed E-state index contributed by atoms with van der Waals surface area (Å²) in [6.45, 7) is 13.5. The van der Waals surface area contributed by atoms with Crippen molar-refractivity contribution >= 4 is 0 Å². The minimum Gasteiger partial charge on any atom is -0.393 e. The van der Waals surface area contributed by atoms with E-state index >= 15 is 0 Å². The van der Waals surface area contributed by atoms with E-state index in [1.807, 2.05) is 6.92 Å². The predicted molar refractivity (Wildman–Crippen MR) is 66.6 cm³/mol. The predicted octanol–water partition coefficient (Wildman–Crippen LogP) is 2.04. The first-order chi connectivity index (χ1) is 7.20. The molecule has 0 saturated carbocycles. The Bertz CT molecular complexity index is 208. The summed E-state index contributed by atoms with van der Waals surface area (Å²) in [5, 5.41) is 9.24. The average molecular weight is 229 g/mol. The number of hydrogen-bond donors (Lipinski definition) is 1. The molecule has 1 aliphatic heterocycles. The lowest BCUT2D eigenvalue weighted by atomic mass is 9.98. The van der Waals surface area contributed by atoms with Gasteiger partial charge in [0.15, 0.2) is 0 Å². The van der Waals surface area contributed by atoms with E-state index in [9.17, 15) is 5.11 Å². The van der Waals surface area contributed by atoms with Gasteiger partial charge in [-0.3, -0.25) is 4.90 Å². The Kier molecular flexibility index (Phi) is 4.38. The van der Waals surface area contributed by atoms with Gasteiger partial charge in [-0.25, -0.2) is 0 Å². The number of aliphatic hydroxyl groups excluding tert-OH is 1. The Hall–Kier alpha value is -0.120. The Labute approximate surface area is 99.8 Å². The van der Waals surface area contributed by atoms with Gasteiger partial charge in [-0.05, 0) is 54.0 Å². The lowest BCUT2D eigenvalue weighted by Crippen LogP contribution is -2.57. The zero-order chi connectivity index (χ0) is 12.4. The van der Waals surface area contributed by atoms with Crippen LogP contribution in [0.5, 0.6) is 0 Å². The van der Waals surface area contributed by atoms with Crippen molar-refractivity contribution in [3.8, 4) is 0 Å². The minimum atomic E-state index is -0.179. The number of hydrogen-bond acceptors (Lipinski definition) is 3. The zero-order valence-corrected chi connectivity index (χ0v) is 11.4. The second-order valence-electron chi connectivity index (χ2n) is 6.32. The summed E-state index contributed by atoms with van der Waals surface area (Å²) < 4.78 is 6.03. The maximum Gasteiger partial charge on any atom is 0.0760 e. The molecule has 0 bridgehead atoms. The smallest absolute Gasteiger partial charge is 0.0760 e. The van der Waals surface area contributed by atoms with Crippen LogP contribution < -0.4 is 0 Å². The molecule has 0 aliphatic carbocycles. The molecule has 0 aromatic heterocycles. The Morgan fingerprint density at radius 3 is 2.12 bits per heavy atom. The normalized spacial score (nSPS) is 26.6. The zero-order valence-electron chi connectivity index (χ0n) is 11.4. The van der Waals surface area contributed by atoms with Crippen LogP contribution in [0.1, 0.15) is 47.5 Å². The molecule has 0 radical (unpaired) electrons. The molecule has 1 fully saturated rings. The average Bonchev–Trinajstić information content (AvgIpc) is 1.96. The Morgan fingerprint density at radius 1 is 1.19 bits per heavy atom. The number of ether oxygens (including phenoxy) is 1. The van der Waals surface area contributed by atoms with Crippen molar-refractivity contribution in [2.24, 2.45) is 0 Å². The van der Waals surface area contributed by atoms with Crippen LogP contribution in [0.15, 0.2) is 0 Å². The molecule has 1 N–H and O–H groups in total. The highest BCUT2D eigenvalue weighted by atomic mass is 16.5. The first-order valence-electron chi connectivity index (χ1n) is 6.31. The van der Waals surface area contributed by atoms with Gasteiger partial charge in [0.2, 0.25) is 0 Å². The number of nitrogens with zero attached hydrogens (tertiary/aromatic N) is 1. The van der Waals surface area contributed by atoms with Crippen LogP contribution in [0.25, 0.3) is 0 Å². The summed E-state index contributed by atoms with van der Waals surface area (Å²) in [4.78, 5) is 2.45. The first-order valence-corrected chi connectivity index (χ1v) is 6.31. The second-order valence-corrected chi connectivity index (χ2v) is 6.32. The van der Waals surface area contributed by atoms with E-state index in [1.165, 1.54) is 0 Å². The van der Waals surface area contributed by atoms with Crippen LogP contribution in [0.2, 0.25) is 0 Å². The lowest BCUT2D eigenvalue weighted by molar-refractivity contribution is -0.180. The molecule has 1 rings (SSSR count). The molecule has 0 amide bonds. The van der Waals surface area contributed by atoms with Crippen molar-refractivity contribution in [3.63, 3.8) is 0 Å². The summed E-state index contributed by atoms with van der Waals surface area (Å²) in [6, 6.07) is 0. The highest BCUT2D eigenvalue weighted by molar-refractivity contribution is 4.88. The summed E-state index contributed by atoms with van der Waals surface area (Å²) in [5.74, 6) is 0. The van der Waals surface area contributed by atoms with E-state index in [-0.39, 0.29) is 17.3 Å². The fourth-order valence-electron chi connectivity index (χ4n) is 2.71. The Morgan fingerprint density at radius 2 is 1.69 bits per heavy atom. The van der Waals surface area contributed by atoms with Gasteiger partial charge in [0, 0.05) is 13.1 Å². The molecule has 3 heteroatoms. The van der Waals surface area contributed by atoms with Crippen LogP contribution in [-0.2, 0) is 4.74 Å². The van der Waals surface area contributed by atoms with E-state index in [4.69, 9.17) is 4.74 Å². The van der Waals surface area contributed by atoms with Gasteiger partial charge in [0.05, 0.1) is 17.3 Å². The third-order valence-electron chi connectivity index (χ3n) is 2.86. The van der Waals surface area contributed by atoms with E-state index in [2.05, 4.69) is 32.6 Å². The fraction of sp³-hybridized carbons (Fsp3) is 1.00. The van der Waals surface area contributed by atoms with Gasteiger partial charge in [-0.2, -0.15) is 0 Å². The summed E-state index contributed by atoms with van der Waals surface area (Å²) in [5.41, 5.74) is -0.126. The minimum absolute atomic E-state index is 0.0629. The molecule has 0 aromatic carbocycles. The van der Waals surface area contributed by atoms with Gasteiger partial charge in [0.1, 0.15) is 0 Å². The molecule has 3 nitrogen and oxygen atoms in total. The largest absolute Gasteiger partial charge is 0.393 e. The van der Waals surface area contributed by atoms with Crippen LogP contribution in [0, 0.1) is 0 Å². The topological polar surface area (TPSA) is 32.7 Å². The van der Waals surface area contributed by atoms with Gasteiger partial charge in [-0.15, -0.1) is 0 Å². The maximum atomic E-state index is 9.24. The number of morpholine rings is 1. The molecule has 1 atom stereocenters. The summed E-state index contributed by atoms with van der Waals surface area (Å²) in [7, 11) is 0. The highest BCUT2D eigenvalue weighted by Crippen LogP contribution is 2.28. The number of aliphatic hydroxyl groups is 1. The van der Waals surface area contributed by atoms with Crippen molar-refractivity contribution in [2.45, 2.75) is 64.8 Å². The molecule has 16 heavy (non-hydrogen) atoms. The molecular formula is C13H27NO2. The van der Waals surface area contributed by atoms with Gasteiger partial charge in [-0.1, -0.05) is 0 Å². The summed E-state index contributed by atoms with van der Waals surface area (Å²) in [6.07, 6.45) is 1.77. The Balaban J connectivity index is 2.42. The molecule has 0 aromatic rings. The van der Waals surface area contributed by atoms with Crippen molar-refractivity contribution in [1.29, 1.82) is 0 Å². The molecule has 96 valence electrons. The summed E-state index contributed by atoms with van der Waals surface area (Å²) >= 11 is 0. The van der Waals surface area contributed by atoms with Gasteiger partial charge < -0.3 is 9.84 Å². The maximum absolute atomic E-state index is 9.24. The van der Waals surface area contributed by atoms with Crippen LogP contribution >= 0.6 is 0 Å². The molecule has 1 saturated heterocycles. The fourth-order valence-corrected chi connectivity index (χ4v) is 2.71. The molecule has 1 heterocycles. The van der Waals surface area contributed by atoms with Crippen LogP contribution in [-0.4, -0.2) is 46.9 Å². The third kappa shape index (κ3) is 4.81. The third-order valence-corrected chi connectivity index (χ3v) is 2.86. The van der Waals surface area contributed by atoms with Gasteiger partial charge in [0.25, 0.3) is 0 Å². The van der Waals surface area contributed by atoms with Crippen molar-refractivity contribution < 1.29 is 9.84 Å². The van der Waals surface area contributed by atoms with Crippen molar-refractivity contribution in [3.05, 3.63) is 0 Å². The van der Waals surface area contributed by atoms with Crippen molar-refractivity contribution in [1.82, 2.24) is 4.90 Å². The van der Waals surface area contributed by atoms with Crippen LogP contribution in [0.4, 0.5) is 0 Å². The highest BCUT2D eigenvalue weighted by Gasteiger charge is 2.37. The second kappa shape index (κ2) is 5.03. The molecular weight excluding hydrogens is 202 g/mol. The van der Waals surface area contributed by atoms with E-state index in [0.717, 1.165) is 32.5 Å². The number of rotatable bonds is 4. The standard InChI is InChI=1S/C13H27NO2/c1-11(15)7-6-8-14-9-12(2,3)16-13(4,5)10-14/h11,15H,6-10H2,1-5H3.